The minimum Gasteiger partial charge on any atom is -0.378 e. The molecule has 1 unspecified atom stereocenters. The molecule has 1 fully saturated rings. The maximum absolute atomic E-state index is 12.2. The molecule has 0 saturated carbocycles. The van der Waals surface area contributed by atoms with E-state index < -0.39 is 5.54 Å². The Hall–Kier alpha value is -0.910. The van der Waals surface area contributed by atoms with Gasteiger partial charge in [0.1, 0.15) is 6.04 Å². The molecule has 4 nitrogen and oxygen atoms in total. The van der Waals surface area contributed by atoms with Crippen molar-refractivity contribution in [2.75, 3.05) is 19.8 Å². The molecule has 0 bridgehead atoms. The van der Waals surface area contributed by atoms with Gasteiger partial charge in [-0.2, -0.15) is 0 Å². The zero-order valence-electron chi connectivity index (χ0n) is 11.2. The van der Waals surface area contributed by atoms with Gasteiger partial charge in [0.2, 0.25) is 5.91 Å². The van der Waals surface area contributed by atoms with Crippen molar-refractivity contribution in [3.8, 4) is 0 Å². The molecule has 1 saturated heterocycles. The van der Waals surface area contributed by atoms with Crippen molar-refractivity contribution >= 4 is 21.8 Å². The molecule has 0 radical (unpaired) electrons. The molecule has 1 atom stereocenters. The topological polar surface area (TPSA) is 50.4 Å². The van der Waals surface area contributed by atoms with Gasteiger partial charge < -0.3 is 15.4 Å². The first-order chi connectivity index (χ1) is 8.99. The Balaban J connectivity index is 2.03. The zero-order valence-corrected chi connectivity index (χ0v) is 12.8. The summed E-state index contributed by atoms with van der Waals surface area (Å²) < 4.78 is 6.34. The van der Waals surface area contributed by atoms with E-state index in [0.717, 1.165) is 16.6 Å². The average molecular weight is 327 g/mol. The van der Waals surface area contributed by atoms with Crippen LogP contribution in [0.15, 0.2) is 28.7 Å². The van der Waals surface area contributed by atoms with Crippen molar-refractivity contribution in [3.63, 3.8) is 0 Å². The second-order valence-electron chi connectivity index (χ2n) is 5.20. The number of benzene rings is 1. The van der Waals surface area contributed by atoms with Crippen molar-refractivity contribution in [1.82, 2.24) is 10.6 Å². The van der Waals surface area contributed by atoms with Crippen LogP contribution in [-0.2, 0) is 15.1 Å². The van der Waals surface area contributed by atoms with Crippen LogP contribution in [0.1, 0.15) is 19.4 Å². The Labute approximate surface area is 122 Å². The van der Waals surface area contributed by atoms with Crippen LogP contribution >= 0.6 is 15.9 Å². The highest BCUT2D eigenvalue weighted by molar-refractivity contribution is 9.10. The van der Waals surface area contributed by atoms with Crippen molar-refractivity contribution in [3.05, 3.63) is 34.3 Å². The third-order valence-electron chi connectivity index (χ3n) is 3.24. The SMILES string of the molecule is CC(C)(NC(=O)C1COCCN1)c1ccc(Br)cc1. The minimum atomic E-state index is -0.406. The molecule has 1 aliphatic heterocycles. The fourth-order valence-corrected chi connectivity index (χ4v) is 2.33. The second kappa shape index (κ2) is 6.03. The largest absolute Gasteiger partial charge is 0.378 e. The number of hydrogen-bond acceptors (Lipinski definition) is 3. The summed E-state index contributed by atoms with van der Waals surface area (Å²) in [5.74, 6) is -0.0207. The summed E-state index contributed by atoms with van der Waals surface area (Å²) in [6.45, 7) is 5.81. The van der Waals surface area contributed by atoms with E-state index in [2.05, 4.69) is 26.6 Å². The fourth-order valence-electron chi connectivity index (χ4n) is 2.07. The van der Waals surface area contributed by atoms with Crippen LogP contribution in [0.5, 0.6) is 0 Å². The molecule has 1 amide bonds. The molecule has 0 spiro atoms. The first-order valence-electron chi connectivity index (χ1n) is 6.38. The molecule has 2 rings (SSSR count). The summed E-state index contributed by atoms with van der Waals surface area (Å²) in [5.41, 5.74) is 0.664. The van der Waals surface area contributed by atoms with Gasteiger partial charge in [-0.15, -0.1) is 0 Å². The van der Waals surface area contributed by atoms with Crippen molar-refractivity contribution < 1.29 is 9.53 Å². The highest BCUT2D eigenvalue weighted by atomic mass is 79.9. The van der Waals surface area contributed by atoms with E-state index in [0.29, 0.717) is 13.2 Å². The summed E-state index contributed by atoms with van der Waals surface area (Å²) >= 11 is 3.41. The van der Waals surface area contributed by atoms with Crippen LogP contribution in [0, 0.1) is 0 Å². The smallest absolute Gasteiger partial charge is 0.240 e. The van der Waals surface area contributed by atoms with Crippen LogP contribution < -0.4 is 10.6 Å². The van der Waals surface area contributed by atoms with Gasteiger partial charge in [-0.1, -0.05) is 28.1 Å². The summed E-state index contributed by atoms with van der Waals surface area (Å²) in [6.07, 6.45) is 0. The lowest BCUT2D eigenvalue weighted by Crippen LogP contribution is -2.55. The average Bonchev–Trinajstić information content (AvgIpc) is 2.40. The van der Waals surface area contributed by atoms with Gasteiger partial charge in [0.15, 0.2) is 0 Å². The molecule has 1 aromatic carbocycles. The lowest BCUT2D eigenvalue weighted by atomic mass is 9.94. The number of rotatable bonds is 3. The molecule has 1 aliphatic rings. The second-order valence-corrected chi connectivity index (χ2v) is 6.12. The quantitative estimate of drug-likeness (QED) is 0.890. The lowest BCUT2D eigenvalue weighted by Gasteiger charge is -2.31. The van der Waals surface area contributed by atoms with E-state index in [1.807, 2.05) is 38.1 Å². The molecule has 0 aliphatic carbocycles. The van der Waals surface area contributed by atoms with Gasteiger partial charge in [-0.3, -0.25) is 4.79 Å². The summed E-state index contributed by atoms with van der Waals surface area (Å²) in [6, 6.07) is 7.71. The molecular formula is C14H19BrN2O2. The predicted octanol–water partition coefficient (Wildman–Crippen LogP) is 1.79. The van der Waals surface area contributed by atoms with E-state index in [1.165, 1.54) is 0 Å². The van der Waals surface area contributed by atoms with E-state index in [4.69, 9.17) is 4.74 Å². The Morgan fingerprint density at radius 1 is 1.42 bits per heavy atom. The zero-order chi connectivity index (χ0) is 13.9. The van der Waals surface area contributed by atoms with E-state index in [1.54, 1.807) is 0 Å². The van der Waals surface area contributed by atoms with Crippen LogP contribution in [0.3, 0.4) is 0 Å². The Bertz CT molecular complexity index is 439. The Morgan fingerprint density at radius 3 is 2.68 bits per heavy atom. The standard InChI is InChI=1S/C14H19BrN2O2/c1-14(2,10-3-5-11(15)6-4-10)17-13(18)12-9-19-8-7-16-12/h3-6,12,16H,7-9H2,1-2H3,(H,17,18). The van der Waals surface area contributed by atoms with Gasteiger partial charge >= 0.3 is 0 Å². The van der Waals surface area contributed by atoms with Crippen LogP contribution in [-0.4, -0.2) is 31.7 Å². The van der Waals surface area contributed by atoms with Crippen molar-refractivity contribution in [2.24, 2.45) is 0 Å². The summed E-state index contributed by atoms with van der Waals surface area (Å²) in [5, 5.41) is 6.22. The highest BCUT2D eigenvalue weighted by Gasteiger charge is 2.28. The first kappa shape index (κ1) is 14.5. The Morgan fingerprint density at radius 2 is 2.11 bits per heavy atom. The number of morpholine rings is 1. The third kappa shape index (κ3) is 3.78. The van der Waals surface area contributed by atoms with Crippen molar-refractivity contribution in [2.45, 2.75) is 25.4 Å². The maximum Gasteiger partial charge on any atom is 0.240 e. The Kier molecular flexibility index (Phi) is 4.60. The van der Waals surface area contributed by atoms with Gasteiger partial charge in [0.25, 0.3) is 0 Å². The molecule has 5 heteroatoms. The number of hydrogen-bond donors (Lipinski definition) is 2. The molecular weight excluding hydrogens is 308 g/mol. The van der Waals surface area contributed by atoms with Crippen molar-refractivity contribution in [1.29, 1.82) is 0 Å². The molecule has 1 aromatic rings. The van der Waals surface area contributed by atoms with E-state index >= 15 is 0 Å². The molecule has 19 heavy (non-hydrogen) atoms. The van der Waals surface area contributed by atoms with Crippen LogP contribution in [0.4, 0.5) is 0 Å². The monoisotopic (exact) mass is 326 g/mol. The number of halogens is 1. The highest BCUT2D eigenvalue weighted by Crippen LogP contribution is 2.22. The predicted molar refractivity (Wildman–Crippen MR) is 77.9 cm³/mol. The fraction of sp³-hybridized carbons (Fsp3) is 0.500. The van der Waals surface area contributed by atoms with Crippen LogP contribution in [0.2, 0.25) is 0 Å². The van der Waals surface area contributed by atoms with Gasteiger partial charge in [0, 0.05) is 11.0 Å². The molecule has 2 N–H and O–H groups in total. The molecule has 104 valence electrons. The number of amides is 1. The van der Waals surface area contributed by atoms with Crippen LogP contribution in [0.25, 0.3) is 0 Å². The number of nitrogens with one attached hydrogen (secondary N) is 2. The first-order valence-corrected chi connectivity index (χ1v) is 7.17. The summed E-state index contributed by atoms with van der Waals surface area (Å²) in [4.78, 5) is 12.2. The van der Waals surface area contributed by atoms with Gasteiger partial charge in [-0.05, 0) is 31.5 Å². The normalized spacial score (nSPS) is 20.1. The lowest BCUT2D eigenvalue weighted by molar-refractivity contribution is -0.127. The number of carbonyl (C=O) groups excluding carboxylic acids is 1. The molecule has 0 aromatic heterocycles. The van der Waals surface area contributed by atoms with E-state index in [9.17, 15) is 4.79 Å². The van der Waals surface area contributed by atoms with E-state index in [-0.39, 0.29) is 11.9 Å². The summed E-state index contributed by atoms with van der Waals surface area (Å²) in [7, 11) is 0. The number of carbonyl (C=O) groups is 1. The molecule has 1 heterocycles. The third-order valence-corrected chi connectivity index (χ3v) is 3.77. The minimum absolute atomic E-state index is 0.0207. The van der Waals surface area contributed by atoms with Gasteiger partial charge in [-0.25, -0.2) is 0 Å². The number of ether oxygens (including phenoxy) is 1. The maximum atomic E-state index is 12.2. The van der Waals surface area contributed by atoms with Gasteiger partial charge in [0.05, 0.1) is 18.8 Å².